The first-order valence-corrected chi connectivity index (χ1v) is 8.81. The number of rotatable bonds is 5. The molecule has 5 atom stereocenters. The number of aryl methyl sites for hydroxylation is 2. The second kappa shape index (κ2) is 6.57. The van der Waals surface area contributed by atoms with Crippen LogP contribution >= 0.6 is 0 Å². The van der Waals surface area contributed by atoms with Crippen LogP contribution in [0.25, 0.3) is 0 Å². The zero-order valence-electron chi connectivity index (χ0n) is 14.8. The zero-order valence-corrected chi connectivity index (χ0v) is 14.8. The molecule has 0 aromatic carbocycles. The number of carbonyl (C=O) groups excluding carboxylic acids is 2. The van der Waals surface area contributed by atoms with E-state index >= 15 is 0 Å². The maximum atomic E-state index is 12.4. The third-order valence-corrected chi connectivity index (χ3v) is 5.70. The molecule has 0 unspecified atom stereocenters. The SMILES string of the molecule is Cc1noc(C)c1C(=O)O[C@H](C)C(=O)N[C@@H](C)[C@@H]1C[C@H]2CC[C@H]1C2. The molecule has 0 saturated heterocycles. The van der Waals surface area contributed by atoms with E-state index < -0.39 is 12.1 Å². The third kappa shape index (κ3) is 3.19. The fourth-order valence-corrected chi connectivity index (χ4v) is 4.40. The van der Waals surface area contributed by atoms with E-state index in [4.69, 9.17) is 9.26 Å². The fourth-order valence-electron chi connectivity index (χ4n) is 4.40. The van der Waals surface area contributed by atoms with Crippen molar-refractivity contribution in [3.8, 4) is 0 Å². The van der Waals surface area contributed by atoms with E-state index in [-0.39, 0.29) is 11.9 Å². The summed E-state index contributed by atoms with van der Waals surface area (Å²) in [5.74, 6) is 1.73. The number of aromatic nitrogens is 1. The molecule has 6 nitrogen and oxygen atoms in total. The summed E-state index contributed by atoms with van der Waals surface area (Å²) in [6.07, 6.45) is 4.30. The Morgan fingerprint density at radius 1 is 1.25 bits per heavy atom. The molecule has 2 fully saturated rings. The molecule has 0 radical (unpaired) electrons. The average molecular weight is 334 g/mol. The number of fused-ring (bicyclic) bond motifs is 2. The molecule has 0 spiro atoms. The number of hydrogen-bond acceptors (Lipinski definition) is 5. The summed E-state index contributed by atoms with van der Waals surface area (Å²) in [7, 11) is 0. The van der Waals surface area contributed by atoms with Crippen molar-refractivity contribution in [3.05, 3.63) is 17.0 Å². The maximum Gasteiger partial charge on any atom is 0.344 e. The van der Waals surface area contributed by atoms with Crippen molar-refractivity contribution in [2.75, 3.05) is 0 Å². The Bertz CT molecular complexity index is 619. The molecular formula is C18H26N2O4. The van der Waals surface area contributed by atoms with Gasteiger partial charge >= 0.3 is 5.97 Å². The van der Waals surface area contributed by atoms with Gasteiger partial charge < -0.3 is 14.6 Å². The summed E-state index contributed by atoms with van der Waals surface area (Å²) in [5, 5.41) is 6.77. The number of amides is 1. The minimum absolute atomic E-state index is 0.119. The van der Waals surface area contributed by atoms with Crippen LogP contribution in [-0.4, -0.2) is 29.2 Å². The van der Waals surface area contributed by atoms with Gasteiger partial charge in [0.15, 0.2) is 6.10 Å². The number of carbonyl (C=O) groups is 2. The van der Waals surface area contributed by atoms with Gasteiger partial charge in [0, 0.05) is 6.04 Å². The molecule has 1 N–H and O–H groups in total. The summed E-state index contributed by atoms with van der Waals surface area (Å²) in [5.41, 5.74) is 0.774. The van der Waals surface area contributed by atoms with E-state index in [0.717, 1.165) is 11.8 Å². The van der Waals surface area contributed by atoms with E-state index in [0.29, 0.717) is 22.9 Å². The molecule has 1 aromatic rings. The highest BCUT2D eigenvalue weighted by atomic mass is 16.5. The molecule has 132 valence electrons. The van der Waals surface area contributed by atoms with Crippen molar-refractivity contribution < 1.29 is 18.8 Å². The van der Waals surface area contributed by atoms with Crippen LogP contribution < -0.4 is 5.32 Å². The summed E-state index contributed by atoms with van der Waals surface area (Å²) in [6.45, 7) is 6.98. The number of ether oxygens (including phenoxy) is 1. The molecule has 0 aliphatic heterocycles. The lowest BCUT2D eigenvalue weighted by atomic mass is 9.84. The summed E-state index contributed by atoms with van der Waals surface area (Å²) >= 11 is 0. The molecule has 6 heteroatoms. The van der Waals surface area contributed by atoms with Crippen LogP contribution in [0.1, 0.15) is 61.3 Å². The predicted octanol–water partition coefficient (Wildman–Crippen LogP) is 2.78. The van der Waals surface area contributed by atoms with Crippen LogP contribution in [0.3, 0.4) is 0 Å². The molecule has 2 aliphatic rings. The van der Waals surface area contributed by atoms with Crippen molar-refractivity contribution in [1.82, 2.24) is 10.5 Å². The van der Waals surface area contributed by atoms with Crippen LogP contribution in [0.5, 0.6) is 0 Å². The highest BCUT2D eigenvalue weighted by Gasteiger charge is 2.42. The van der Waals surface area contributed by atoms with Crippen LogP contribution in [0.2, 0.25) is 0 Å². The summed E-state index contributed by atoms with van der Waals surface area (Å²) in [6, 6.07) is 0.119. The molecule has 3 rings (SSSR count). The lowest BCUT2D eigenvalue weighted by molar-refractivity contribution is -0.130. The number of nitrogens with zero attached hydrogens (tertiary/aromatic N) is 1. The second-order valence-electron chi connectivity index (χ2n) is 7.38. The van der Waals surface area contributed by atoms with Gasteiger partial charge in [0.1, 0.15) is 11.3 Å². The number of esters is 1. The molecule has 2 aliphatic carbocycles. The first kappa shape index (κ1) is 17.0. The molecule has 2 bridgehead atoms. The van der Waals surface area contributed by atoms with Gasteiger partial charge in [-0.1, -0.05) is 11.6 Å². The van der Waals surface area contributed by atoms with Crippen LogP contribution in [0.4, 0.5) is 0 Å². The third-order valence-electron chi connectivity index (χ3n) is 5.70. The van der Waals surface area contributed by atoms with Crippen LogP contribution in [0, 0.1) is 31.6 Å². The average Bonchev–Trinajstić information content (AvgIpc) is 3.23. The summed E-state index contributed by atoms with van der Waals surface area (Å²) < 4.78 is 10.3. The minimum Gasteiger partial charge on any atom is -0.449 e. The Hall–Kier alpha value is -1.85. The van der Waals surface area contributed by atoms with E-state index in [9.17, 15) is 9.59 Å². The smallest absolute Gasteiger partial charge is 0.344 e. The fraction of sp³-hybridized carbons (Fsp3) is 0.722. The Labute approximate surface area is 142 Å². The predicted molar refractivity (Wildman–Crippen MR) is 87.4 cm³/mol. The van der Waals surface area contributed by atoms with Gasteiger partial charge in [-0.15, -0.1) is 0 Å². The van der Waals surface area contributed by atoms with Crippen molar-refractivity contribution in [3.63, 3.8) is 0 Å². The van der Waals surface area contributed by atoms with Gasteiger partial charge in [-0.3, -0.25) is 4.79 Å². The highest BCUT2D eigenvalue weighted by Crippen LogP contribution is 2.49. The lowest BCUT2D eigenvalue weighted by Crippen LogP contribution is -2.45. The number of hydrogen-bond donors (Lipinski definition) is 1. The molecule has 2 saturated carbocycles. The topological polar surface area (TPSA) is 81.4 Å². The Kier molecular flexibility index (Phi) is 4.65. The molecule has 1 heterocycles. The largest absolute Gasteiger partial charge is 0.449 e. The Balaban J connectivity index is 1.54. The van der Waals surface area contributed by atoms with Crippen molar-refractivity contribution >= 4 is 11.9 Å². The van der Waals surface area contributed by atoms with Gasteiger partial charge in [-0.25, -0.2) is 4.79 Å². The molecular weight excluding hydrogens is 308 g/mol. The van der Waals surface area contributed by atoms with Gasteiger partial charge in [0.2, 0.25) is 0 Å². The highest BCUT2D eigenvalue weighted by molar-refractivity contribution is 5.93. The van der Waals surface area contributed by atoms with Crippen molar-refractivity contribution in [2.45, 2.75) is 65.5 Å². The van der Waals surface area contributed by atoms with Gasteiger partial charge in [-0.05, 0) is 64.7 Å². The quantitative estimate of drug-likeness (QED) is 0.837. The first-order valence-electron chi connectivity index (χ1n) is 8.81. The van der Waals surface area contributed by atoms with Crippen molar-refractivity contribution in [1.29, 1.82) is 0 Å². The normalized spacial score (nSPS) is 27.8. The zero-order chi connectivity index (χ0) is 17.4. The molecule has 1 amide bonds. The monoisotopic (exact) mass is 334 g/mol. The van der Waals surface area contributed by atoms with Gasteiger partial charge in [0.25, 0.3) is 5.91 Å². The van der Waals surface area contributed by atoms with E-state index in [1.807, 2.05) is 0 Å². The first-order chi connectivity index (χ1) is 11.4. The maximum absolute atomic E-state index is 12.4. The van der Waals surface area contributed by atoms with E-state index in [2.05, 4.69) is 17.4 Å². The minimum atomic E-state index is -0.841. The van der Waals surface area contributed by atoms with Crippen LogP contribution in [0.15, 0.2) is 4.52 Å². The van der Waals surface area contributed by atoms with Crippen LogP contribution in [-0.2, 0) is 9.53 Å². The standard InChI is InChI=1S/C18H26N2O4/c1-9(15-8-13-5-6-14(15)7-13)19-17(21)12(4)23-18(22)16-10(2)20-24-11(16)3/h9,12-15H,5-8H2,1-4H3,(H,19,21)/t9-,12+,13-,14-,15-/m0/s1. The number of nitrogens with one attached hydrogen (secondary N) is 1. The lowest BCUT2D eigenvalue weighted by Gasteiger charge is -2.29. The van der Waals surface area contributed by atoms with Crippen molar-refractivity contribution in [2.24, 2.45) is 17.8 Å². The molecule has 24 heavy (non-hydrogen) atoms. The van der Waals surface area contributed by atoms with E-state index in [1.165, 1.54) is 25.7 Å². The van der Waals surface area contributed by atoms with Gasteiger partial charge in [0.05, 0.1) is 5.69 Å². The Morgan fingerprint density at radius 3 is 2.54 bits per heavy atom. The second-order valence-corrected chi connectivity index (χ2v) is 7.38. The van der Waals surface area contributed by atoms with Gasteiger partial charge in [-0.2, -0.15) is 0 Å². The van der Waals surface area contributed by atoms with E-state index in [1.54, 1.807) is 20.8 Å². The Morgan fingerprint density at radius 2 is 2.00 bits per heavy atom. The molecule has 1 aromatic heterocycles. The summed E-state index contributed by atoms with van der Waals surface area (Å²) in [4.78, 5) is 24.6.